The summed E-state index contributed by atoms with van der Waals surface area (Å²) < 4.78 is 77.2. The summed E-state index contributed by atoms with van der Waals surface area (Å²) in [5, 5.41) is 4.14. The first-order chi connectivity index (χ1) is 17.1. The van der Waals surface area contributed by atoms with Crippen molar-refractivity contribution in [2.45, 2.75) is 30.3 Å². The lowest BCUT2D eigenvalue weighted by atomic mass is 10.0. The molecule has 1 aliphatic rings. The zero-order valence-corrected chi connectivity index (χ0v) is 20.0. The summed E-state index contributed by atoms with van der Waals surface area (Å²) in [7, 11) is -2.90. The van der Waals surface area contributed by atoms with Gasteiger partial charge in [0.25, 0.3) is 15.9 Å². The molecule has 0 spiro atoms. The second-order valence-electron chi connectivity index (χ2n) is 8.27. The Morgan fingerprint density at radius 2 is 1.86 bits per heavy atom. The van der Waals surface area contributed by atoms with Crippen molar-refractivity contribution in [1.82, 2.24) is 19.1 Å². The second kappa shape index (κ2) is 9.90. The van der Waals surface area contributed by atoms with Crippen LogP contribution in [0.25, 0.3) is 5.82 Å². The summed E-state index contributed by atoms with van der Waals surface area (Å²) in [5.74, 6) is -0.405. The van der Waals surface area contributed by atoms with Gasteiger partial charge in [0.05, 0.1) is 22.5 Å². The number of halogens is 3. The molecule has 3 aromatic rings. The van der Waals surface area contributed by atoms with Crippen LogP contribution < -0.4 is 4.74 Å². The van der Waals surface area contributed by atoms with Crippen molar-refractivity contribution in [2.24, 2.45) is 5.41 Å². The topological polar surface area (TPSA) is 104 Å². The van der Waals surface area contributed by atoms with E-state index in [0.717, 1.165) is 0 Å². The third kappa shape index (κ3) is 5.21. The highest BCUT2D eigenvalue weighted by Gasteiger charge is 2.62. The summed E-state index contributed by atoms with van der Waals surface area (Å²) in [5.41, 5.74) is -1.65. The largest absolute Gasteiger partial charge is 0.477 e. The van der Waals surface area contributed by atoms with E-state index in [0.29, 0.717) is 10.1 Å². The number of carbonyl (C=O) groups excluding carboxylic acids is 1. The van der Waals surface area contributed by atoms with E-state index in [4.69, 9.17) is 9.47 Å². The summed E-state index contributed by atoms with van der Waals surface area (Å²) in [4.78, 5) is 17.1. The molecule has 1 aromatic carbocycles. The molecule has 0 aliphatic heterocycles. The van der Waals surface area contributed by atoms with Crippen molar-refractivity contribution in [2.75, 3.05) is 20.4 Å². The Balaban J connectivity index is 1.43. The Bertz CT molecular complexity index is 1310. The minimum atomic E-state index is -4.24. The van der Waals surface area contributed by atoms with Crippen LogP contribution in [0.4, 0.5) is 13.2 Å². The van der Waals surface area contributed by atoms with Crippen LogP contribution in [0.3, 0.4) is 0 Å². The van der Waals surface area contributed by atoms with Gasteiger partial charge in [-0.25, -0.2) is 22.4 Å². The van der Waals surface area contributed by atoms with E-state index in [1.54, 1.807) is 18.2 Å². The van der Waals surface area contributed by atoms with Crippen molar-refractivity contribution in [1.29, 1.82) is 0 Å². The Kier molecular flexibility index (Phi) is 7.05. The summed E-state index contributed by atoms with van der Waals surface area (Å²) >= 11 is 0. The highest BCUT2D eigenvalue weighted by atomic mass is 32.2. The number of ether oxygens (including phenoxy) is 2. The Labute approximate surface area is 205 Å². The number of rotatable bonds is 10. The third-order valence-corrected chi connectivity index (χ3v) is 7.60. The molecule has 0 saturated heterocycles. The van der Waals surface area contributed by atoms with Crippen LogP contribution in [0, 0.1) is 5.41 Å². The van der Waals surface area contributed by atoms with Crippen LogP contribution in [-0.4, -0.2) is 60.0 Å². The van der Waals surface area contributed by atoms with Crippen LogP contribution in [0.5, 0.6) is 5.88 Å². The summed E-state index contributed by atoms with van der Waals surface area (Å²) in [6.07, 6.45) is -1.45. The number of nitrogens with zero attached hydrogens (tertiary/aromatic N) is 4. The number of carbonyl (C=O) groups is 1. The molecule has 1 saturated carbocycles. The first-order valence-corrected chi connectivity index (χ1v) is 12.3. The monoisotopic (exact) mass is 524 g/mol. The van der Waals surface area contributed by atoms with Gasteiger partial charge in [0.2, 0.25) is 5.88 Å². The second-order valence-corrected chi connectivity index (χ2v) is 10.1. The fourth-order valence-electron chi connectivity index (χ4n) is 3.56. The molecule has 0 bridgehead atoms. The minimum absolute atomic E-state index is 0.000757. The lowest BCUT2D eigenvalue weighted by molar-refractivity contribution is -0.190. The lowest BCUT2D eigenvalue weighted by Gasteiger charge is -2.21. The zero-order valence-electron chi connectivity index (χ0n) is 19.2. The molecule has 1 fully saturated rings. The fourth-order valence-corrected chi connectivity index (χ4v) is 4.88. The van der Waals surface area contributed by atoms with Crippen molar-refractivity contribution in [3.63, 3.8) is 0 Å². The van der Waals surface area contributed by atoms with Gasteiger partial charge >= 0.3 is 6.18 Å². The molecule has 0 N–H and O–H groups in total. The van der Waals surface area contributed by atoms with Gasteiger partial charge in [-0.3, -0.25) is 4.79 Å². The van der Waals surface area contributed by atoms with Gasteiger partial charge in [-0.2, -0.15) is 13.2 Å². The van der Waals surface area contributed by atoms with E-state index in [-0.39, 0.29) is 42.2 Å². The quantitative estimate of drug-likeness (QED) is 0.372. The maximum atomic E-state index is 13.0. The number of methoxy groups -OCH3 is 1. The van der Waals surface area contributed by atoms with Crippen LogP contribution in [0.2, 0.25) is 0 Å². The first-order valence-electron chi connectivity index (χ1n) is 10.9. The van der Waals surface area contributed by atoms with Crippen LogP contribution in [-0.2, 0) is 14.8 Å². The molecule has 0 radical (unpaired) electrons. The standard InChI is InChI=1S/C23H23F3N4O5S/c1-34-16-30(36(32,33)18-5-3-2-4-6-18)21(31)17-7-8-19(27-15-17)29-13-9-20(28-29)35-14-12-22(10-11-22)23(24,25)26/h2-9,13,15H,10-12,14,16H2,1H3. The average molecular weight is 525 g/mol. The average Bonchev–Trinajstić information content (AvgIpc) is 3.52. The number of aromatic nitrogens is 3. The number of pyridine rings is 1. The summed E-state index contributed by atoms with van der Waals surface area (Å²) in [6.45, 7) is -0.615. The molecular formula is C23H23F3N4O5S. The molecule has 2 heterocycles. The Morgan fingerprint density at radius 1 is 1.14 bits per heavy atom. The highest BCUT2D eigenvalue weighted by Crippen LogP contribution is 2.59. The number of sulfonamides is 1. The highest BCUT2D eigenvalue weighted by molar-refractivity contribution is 7.89. The molecule has 1 amide bonds. The van der Waals surface area contributed by atoms with E-state index in [1.165, 1.54) is 54.5 Å². The van der Waals surface area contributed by atoms with E-state index in [9.17, 15) is 26.4 Å². The molecule has 13 heteroatoms. The van der Waals surface area contributed by atoms with Crippen molar-refractivity contribution >= 4 is 15.9 Å². The molecule has 36 heavy (non-hydrogen) atoms. The molecule has 9 nitrogen and oxygen atoms in total. The van der Waals surface area contributed by atoms with E-state index < -0.39 is 34.3 Å². The number of hydrogen-bond acceptors (Lipinski definition) is 7. The van der Waals surface area contributed by atoms with Gasteiger partial charge in [-0.15, -0.1) is 5.10 Å². The van der Waals surface area contributed by atoms with E-state index in [2.05, 4.69) is 10.1 Å². The number of benzene rings is 1. The fraction of sp³-hybridized carbons (Fsp3) is 0.348. The SMILES string of the molecule is COCN(C(=O)c1ccc(-n2ccc(OCCC3(C(F)(F)F)CC3)n2)nc1)S(=O)(=O)c1ccccc1. The van der Waals surface area contributed by atoms with Gasteiger partial charge in [0, 0.05) is 25.6 Å². The number of hydrogen-bond donors (Lipinski definition) is 0. The molecule has 0 atom stereocenters. The molecular weight excluding hydrogens is 501 g/mol. The van der Waals surface area contributed by atoms with Gasteiger partial charge < -0.3 is 9.47 Å². The normalized spacial score (nSPS) is 14.9. The Morgan fingerprint density at radius 3 is 2.44 bits per heavy atom. The van der Waals surface area contributed by atoms with Gasteiger partial charge in [0.1, 0.15) is 6.73 Å². The van der Waals surface area contributed by atoms with Crippen molar-refractivity contribution in [3.05, 3.63) is 66.5 Å². The van der Waals surface area contributed by atoms with Gasteiger partial charge in [0.15, 0.2) is 5.82 Å². The third-order valence-electron chi connectivity index (χ3n) is 5.88. The van der Waals surface area contributed by atoms with E-state index in [1.807, 2.05) is 0 Å². The van der Waals surface area contributed by atoms with Crippen LogP contribution >= 0.6 is 0 Å². The maximum Gasteiger partial charge on any atom is 0.394 e. The molecule has 192 valence electrons. The molecule has 1 aliphatic carbocycles. The zero-order chi connectivity index (χ0) is 26.0. The first kappa shape index (κ1) is 25.6. The minimum Gasteiger partial charge on any atom is -0.477 e. The van der Waals surface area contributed by atoms with Crippen molar-refractivity contribution < 1.29 is 35.9 Å². The van der Waals surface area contributed by atoms with Gasteiger partial charge in [-0.05, 0) is 43.5 Å². The Hall–Kier alpha value is -3.45. The van der Waals surface area contributed by atoms with Crippen LogP contribution in [0.15, 0.2) is 65.8 Å². The van der Waals surface area contributed by atoms with E-state index >= 15 is 0 Å². The number of alkyl halides is 3. The molecule has 0 unspecified atom stereocenters. The van der Waals surface area contributed by atoms with Gasteiger partial charge in [-0.1, -0.05) is 18.2 Å². The predicted octanol–water partition coefficient (Wildman–Crippen LogP) is 3.81. The lowest BCUT2D eigenvalue weighted by Crippen LogP contribution is -2.38. The smallest absolute Gasteiger partial charge is 0.394 e. The summed E-state index contributed by atoms with van der Waals surface area (Å²) in [6, 6.07) is 11.8. The van der Waals surface area contributed by atoms with Crippen LogP contribution in [0.1, 0.15) is 29.6 Å². The molecule has 2 aromatic heterocycles. The maximum absolute atomic E-state index is 13.0. The number of amides is 1. The molecule has 4 rings (SSSR count). The van der Waals surface area contributed by atoms with Crippen molar-refractivity contribution in [3.8, 4) is 11.7 Å². The predicted molar refractivity (Wildman–Crippen MR) is 121 cm³/mol.